The minimum atomic E-state index is -4.64. The molecule has 2 aromatic rings. The molecule has 0 radical (unpaired) electrons. The van der Waals surface area contributed by atoms with E-state index in [1.807, 2.05) is 0 Å². The number of carbonyl (C=O) groups is 1. The Morgan fingerprint density at radius 3 is 2.72 bits per heavy atom. The molecule has 152 valence electrons. The summed E-state index contributed by atoms with van der Waals surface area (Å²) in [4.78, 5) is 16.4. The van der Waals surface area contributed by atoms with Crippen LogP contribution in [0.2, 0.25) is 5.02 Å². The van der Waals surface area contributed by atoms with Gasteiger partial charge in [-0.15, -0.1) is 0 Å². The van der Waals surface area contributed by atoms with Crippen LogP contribution < -0.4 is 10.1 Å². The number of nitrogens with one attached hydrogen (secondary N) is 1. The Labute approximate surface area is 173 Å². The van der Waals surface area contributed by atoms with Crippen LogP contribution in [0, 0.1) is 0 Å². The number of rotatable bonds is 4. The van der Waals surface area contributed by atoms with Gasteiger partial charge in [-0.2, -0.15) is 13.2 Å². The second-order valence-corrected chi connectivity index (χ2v) is 7.27. The quantitative estimate of drug-likeness (QED) is 0.626. The molecule has 1 amide bonds. The maximum Gasteiger partial charge on any atom is 0.418 e. The van der Waals surface area contributed by atoms with Crippen LogP contribution in [0.25, 0.3) is 6.08 Å². The normalized spacial score (nSPS) is 17.1. The largest absolute Gasteiger partial charge is 0.504 e. The monoisotopic (exact) mass is 442 g/mol. The van der Waals surface area contributed by atoms with Crippen molar-refractivity contribution >= 4 is 46.2 Å². The number of nitrogens with zero attached hydrogens (tertiary/aromatic N) is 1. The van der Waals surface area contributed by atoms with Crippen LogP contribution in [0.5, 0.6) is 11.5 Å². The summed E-state index contributed by atoms with van der Waals surface area (Å²) < 4.78 is 44.9. The zero-order valence-corrected chi connectivity index (χ0v) is 16.5. The molecular formula is C19H14ClF3N2O3S. The summed E-state index contributed by atoms with van der Waals surface area (Å²) >= 11 is 6.56. The van der Waals surface area contributed by atoms with E-state index in [0.717, 1.165) is 23.9 Å². The van der Waals surface area contributed by atoms with E-state index in [0.29, 0.717) is 12.2 Å². The number of aliphatic imine (C=N–C) groups is 1. The molecule has 1 heterocycles. The Morgan fingerprint density at radius 2 is 2.03 bits per heavy atom. The number of ether oxygens (including phenoxy) is 1. The van der Waals surface area contributed by atoms with Gasteiger partial charge in [0.15, 0.2) is 16.7 Å². The van der Waals surface area contributed by atoms with Crippen molar-refractivity contribution in [2.45, 2.75) is 13.1 Å². The average molecular weight is 443 g/mol. The minimum absolute atomic E-state index is 0.0119. The molecule has 0 saturated carbocycles. The number of benzene rings is 2. The van der Waals surface area contributed by atoms with Crippen molar-refractivity contribution in [3.05, 3.63) is 57.5 Å². The number of thioether (sulfide) groups is 1. The molecule has 0 aromatic heterocycles. The summed E-state index contributed by atoms with van der Waals surface area (Å²) in [5, 5.41) is 12.1. The third-order valence-electron chi connectivity index (χ3n) is 3.72. The fourth-order valence-electron chi connectivity index (χ4n) is 2.47. The topological polar surface area (TPSA) is 70.9 Å². The predicted molar refractivity (Wildman–Crippen MR) is 107 cm³/mol. The Hall–Kier alpha value is -2.65. The highest BCUT2D eigenvalue weighted by Crippen LogP contribution is 2.39. The van der Waals surface area contributed by atoms with Crippen LogP contribution in [0.1, 0.15) is 18.1 Å². The van der Waals surface area contributed by atoms with Crippen LogP contribution in [-0.2, 0) is 11.0 Å². The second-order valence-electron chi connectivity index (χ2n) is 5.80. The van der Waals surface area contributed by atoms with E-state index in [-0.39, 0.29) is 32.3 Å². The van der Waals surface area contributed by atoms with Gasteiger partial charge in [0.1, 0.15) is 0 Å². The molecule has 2 aromatic carbocycles. The van der Waals surface area contributed by atoms with E-state index in [1.165, 1.54) is 18.2 Å². The summed E-state index contributed by atoms with van der Waals surface area (Å²) in [6.07, 6.45) is -3.12. The predicted octanol–water partition coefficient (Wildman–Crippen LogP) is 5.35. The summed E-state index contributed by atoms with van der Waals surface area (Å²) in [5.41, 5.74) is -0.772. The van der Waals surface area contributed by atoms with Crippen molar-refractivity contribution in [2.24, 2.45) is 4.99 Å². The minimum Gasteiger partial charge on any atom is -0.504 e. The lowest BCUT2D eigenvalue weighted by atomic mass is 10.2. The molecule has 1 aliphatic rings. The molecule has 29 heavy (non-hydrogen) atoms. The standard InChI is InChI=1S/C19H14ClF3N2O3S/c1-2-28-15-7-10(3-6-14(15)26)8-16-17(27)25-18(29-16)24-13-5-4-11(20)9-12(13)19(21,22)23/h3-9,26H,2H2,1H3,(H,24,25,27)/b16-8-. The van der Waals surface area contributed by atoms with E-state index < -0.39 is 17.6 Å². The van der Waals surface area contributed by atoms with Gasteiger partial charge < -0.3 is 15.2 Å². The van der Waals surface area contributed by atoms with Gasteiger partial charge >= 0.3 is 6.18 Å². The summed E-state index contributed by atoms with van der Waals surface area (Å²) in [6.45, 7) is 2.11. The van der Waals surface area contributed by atoms with Crippen molar-refractivity contribution in [1.82, 2.24) is 5.32 Å². The highest BCUT2D eigenvalue weighted by Gasteiger charge is 2.34. The first-order chi connectivity index (χ1) is 13.7. The van der Waals surface area contributed by atoms with Gasteiger partial charge in [-0.3, -0.25) is 4.79 Å². The highest BCUT2D eigenvalue weighted by molar-refractivity contribution is 8.18. The Balaban J connectivity index is 1.90. The highest BCUT2D eigenvalue weighted by atomic mass is 35.5. The van der Waals surface area contributed by atoms with E-state index in [4.69, 9.17) is 16.3 Å². The number of carbonyl (C=O) groups excluding carboxylic acids is 1. The number of hydrogen-bond acceptors (Lipinski definition) is 5. The van der Waals surface area contributed by atoms with Gasteiger partial charge in [0.05, 0.1) is 22.8 Å². The van der Waals surface area contributed by atoms with Crippen LogP contribution in [0.4, 0.5) is 18.9 Å². The SMILES string of the molecule is CCOc1cc(/C=C2\SC(=Nc3ccc(Cl)cc3C(F)(F)F)NC2=O)ccc1O. The van der Waals surface area contributed by atoms with Gasteiger partial charge in [-0.25, -0.2) is 4.99 Å². The van der Waals surface area contributed by atoms with E-state index in [9.17, 15) is 23.1 Å². The van der Waals surface area contributed by atoms with Crippen molar-refractivity contribution in [2.75, 3.05) is 6.61 Å². The van der Waals surface area contributed by atoms with Crippen molar-refractivity contribution in [3.63, 3.8) is 0 Å². The third kappa shape index (κ3) is 5.04. The number of phenolic OH excluding ortho intramolecular Hbond substituents is 1. The number of hydrogen-bond donors (Lipinski definition) is 2. The number of amides is 1. The first-order valence-electron chi connectivity index (χ1n) is 8.29. The fourth-order valence-corrected chi connectivity index (χ4v) is 3.47. The van der Waals surface area contributed by atoms with E-state index >= 15 is 0 Å². The zero-order valence-electron chi connectivity index (χ0n) is 14.9. The number of halogens is 4. The van der Waals surface area contributed by atoms with Crippen molar-refractivity contribution < 1.29 is 27.8 Å². The zero-order chi connectivity index (χ0) is 21.2. The second kappa shape index (κ2) is 8.38. The van der Waals surface area contributed by atoms with Gasteiger partial charge in [-0.1, -0.05) is 17.7 Å². The molecule has 0 spiro atoms. The van der Waals surface area contributed by atoms with Gasteiger partial charge in [0.2, 0.25) is 0 Å². The van der Waals surface area contributed by atoms with Gasteiger partial charge in [-0.05, 0) is 60.7 Å². The number of alkyl halides is 3. The molecule has 0 aliphatic carbocycles. The summed E-state index contributed by atoms with van der Waals surface area (Å²) in [7, 11) is 0. The average Bonchev–Trinajstić information content (AvgIpc) is 2.98. The Bertz CT molecular complexity index is 1020. The molecular weight excluding hydrogens is 429 g/mol. The number of aromatic hydroxyl groups is 1. The molecule has 0 bridgehead atoms. The van der Waals surface area contributed by atoms with Gasteiger partial charge in [0.25, 0.3) is 5.91 Å². The molecule has 2 N–H and O–H groups in total. The third-order valence-corrected chi connectivity index (χ3v) is 4.86. The van der Waals surface area contributed by atoms with Crippen LogP contribution >= 0.6 is 23.4 Å². The lowest BCUT2D eigenvalue weighted by Gasteiger charge is -2.10. The Kier molecular flexibility index (Phi) is 6.09. The molecule has 1 aliphatic heterocycles. The van der Waals surface area contributed by atoms with E-state index in [2.05, 4.69) is 10.3 Å². The molecule has 0 unspecified atom stereocenters. The number of amidine groups is 1. The van der Waals surface area contributed by atoms with Crippen molar-refractivity contribution in [3.8, 4) is 11.5 Å². The Morgan fingerprint density at radius 1 is 1.28 bits per heavy atom. The molecule has 3 rings (SSSR count). The molecule has 10 heteroatoms. The van der Waals surface area contributed by atoms with Crippen LogP contribution in [0.3, 0.4) is 0 Å². The maximum atomic E-state index is 13.2. The van der Waals surface area contributed by atoms with Crippen molar-refractivity contribution in [1.29, 1.82) is 0 Å². The molecule has 5 nitrogen and oxygen atoms in total. The molecule has 1 fully saturated rings. The lowest BCUT2D eigenvalue weighted by Crippen LogP contribution is -2.19. The van der Waals surface area contributed by atoms with Crippen LogP contribution in [0.15, 0.2) is 46.3 Å². The number of phenols is 1. The fraction of sp³-hybridized carbons (Fsp3) is 0.158. The smallest absolute Gasteiger partial charge is 0.418 e. The lowest BCUT2D eigenvalue weighted by molar-refractivity contribution is -0.137. The maximum absolute atomic E-state index is 13.2. The van der Waals surface area contributed by atoms with Crippen LogP contribution in [-0.4, -0.2) is 22.8 Å². The first kappa shape index (κ1) is 21.1. The first-order valence-corrected chi connectivity index (χ1v) is 9.49. The molecule has 0 atom stereocenters. The summed E-state index contributed by atoms with van der Waals surface area (Å²) in [5.74, 6) is -0.278. The van der Waals surface area contributed by atoms with E-state index in [1.54, 1.807) is 19.1 Å². The van der Waals surface area contributed by atoms with Gasteiger partial charge in [0, 0.05) is 5.02 Å². The summed E-state index contributed by atoms with van der Waals surface area (Å²) in [6, 6.07) is 7.77. The molecule has 1 saturated heterocycles.